The van der Waals surface area contributed by atoms with Gasteiger partial charge in [0, 0.05) is 17.4 Å². The van der Waals surface area contributed by atoms with E-state index in [2.05, 4.69) is 21.2 Å². The van der Waals surface area contributed by atoms with E-state index in [1.165, 1.54) is 0 Å². The molecule has 0 aliphatic rings. The van der Waals surface area contributed by atoms with Crippen LogP contribution < -0.4 is 5.32 Å². The Morgan fingerprint density at radius 1 is 1.29 bits per heavy atom. The zero-order valence-corrected chi connectivity index (χ0v) is 11.2. The topological polar surface area (TPSA) is 12.0 Å². The minimum Gasteiger partial charge on any atom is -0.313 e. The van der Waals surface area contributed by atoms with E-state index in [1.807, 2.05) is 25.1 Å². The maximum absolute atomic E-state index is 11.9. The summed E-state index contributed by atoms with van der Waals surface area (Å²) in [4.78, 5) is 0. The summed E-state index contributed by atoms with van der Waals surface area (Å²) in [5.74, 6) is 0. The van der Waals surface area contributed by atoms with Crippen LogP contribution in [0.25, 0.3) is 0 Å². The quantitative estimate of drug-likeness (QED) is 0.804. The predicted molar refractivity (Wildman–Crippen MR) is 65.9 cm³/mol. The molecule has 1 rings (SSSR count). The zero-order valence-electron chi connectivity index (χ0n) is 9.57. The van der Waals surface area contributed by atoms with Crippen molar-refractivity contribution < 1.29 is 13.2 Å². The van der Waals surface area contributed by atoms with Gasteiger partial charge in [-0.05, 0) is 37.1 Å². The van der Waals surface area contributed by atoms with Gasteiger partial charge in [-0.1, -0.05) is 28.1 Å². The maximum atomic E-state index is 11.9. The van der Waals surface area contributed by atoms with Gasteiger partial charge in [0.2, 0.25) is 0 Å². The van der Waals surface area contributed by atoms with Crippen molar-refractivity contribution in [3.05, 3.63) is 33.8 Å². The second-order valence-corrected chi connectivity index (χ2v) is 4.84. The smallest absolute Gasteiger partial charge is 0.313 e. The van der Waals surface area contributed by atoms with Crippen LogP contribution >= 0.6 is 15.9 Å². The molecule has 0 saturated heterocycles. The SMILES string of the molecule is Cc1ccc(CNCCCC(F)(F)F)c(Br)c1. The molecule has 0 aliphatic heterocycles. The third-order valence-electron chi connectivity index (χ3n) is 2.34. The molecule has 17 heavy (non-hydrogen) atoms. The lowest BCUT2D eigenvalue weighted by molar-refractivity contribution is -0.135. The largest absolute Gasteiger partial charge is 0.389 e. The molecule has 1 nitrogen and oxygen atoms in total. The molecule has 0 aliphatic carbocycles. The van der Waals surface area contributed by atoms with E-state index in [0.717, 1.165) is 15.6 Å². The molecule has 0 fully saturated rings. The highest BCUT2D eigenvalue weighted by Gasteiger charge is 2.25. The fourth-order valence-corrected chi connectivity index (χ4v) is 2.07. The highest BCUT2D eigenvalue weighted by Crippen LogP contribution is 2.21. The van der Waals surface area contributed by atoms with Crippen molar-refractivity contribution >= 4 is 15.9 Å². The third-order valence-corrected chi connectivity index (χ3v) is 3.08. The van der Waals surface area contributed by atoms with Crippen molar-refractivity contribution in [1.82, 2.24) is 5.32 Å². The van der Waals surface area contributed by atoms with E-state index in [0.29, 0.717) is 13.1 Å². The fourth-order valence-electron chi connectivity index (χ4n) is 1.43. The van der Waals surface area contributed by atoms with Gasteiger partial charge in [-0.25, -0.2) is 0 Å². The van der Waals surface area contributed by atoms with Crippen molar-refractivity contribution in [3.63, 3.8) is 0 Å². The van der Waals surface area contributed by atoms with Crippen LogP contribution in [0.3, 0.4) is 0 Å². The third kappa shape index (κ3) is 6.07. The molecule has 0 heterocycles. The standard InChI is InChI=1S/C12H15BrF3N/c1-9-3-4-10(11(13)7-9)8-17-6-2-5-12(14,15)16/h3-4,7,17H,2,5-6,8H2,1H3. The summed E-state index contributed by atoms with van der Waals surface area (Å²) in [5.41, 5.74) is 2.21. The van der Waals surface area contributed by atoms with Crippen LogP contribution in [-0.4, -0.2) is 12.7 Å². The van der Waals surface area contributed by atoms with Crippen LogP contribution in [0.1, 0.15) is 24.0 Å². The van der Waals surface area contributed by atoms with Gasteiger partial charge >= 0.3 is 6.18 Å². The van der Waals surface area contributed by atoms with E-state index in [4.69, 9.17) is 0 Å². The fraction of sp³-hybridized carbons (Fsp3) is 0.500. The Hall–Kier alpha value is -0.550. The average Bonchev–Trinajstić information content (AvgIpc) is 2.18. The van der Waals surface area contributed by atoms with E-state index >= 15 is 0 Å². The Labute approximate surface area is 108 Å². The van der Waals surface area contributed by atoms with Crippen LogP contribution in [0.5, 0.6) is 0 Å². The molecular weight excluding hydrogens is 295 g/mol. The zero-order chi connectivity index (χ0) is 12.9. The first-order chi connectivity index (χ1) is 7.88. The van der Waals surface area contributed by atoms with Crippen LogP contribution in [0, 0.1) is 6.92 Å². The second-order valence-electron chi connectivity index (χ2n) is 3.99. The molecule has 1 N–H and O–H groups in total. The Balaban J connectivity index is 2.27. The summed E-state index contributed by atoms with van der Waals surface area (Å²) in [6.07, 6.45) is -4.66. The van der Waals surface area contributed by atoms with Crippen molar-refractivity contribution in [2.75, 3.05) is 6.54 Å². The number of hydrogen-bond acceptors (Lipinski definition) is 1. The van der Waals surface area contributed by atoms with Crippen molar-refractivity contribution in [3.8, 4) is 0 Å². The monoisotopic (exact) mass is 309 g/mol. The van der Waals surface area contributed by atoms with E-state index in [1.54, 1.807) is 0 Å². The molecule has 0 bridgehead atoms. The van der Waals surface area contributed by atoms with Crippen molar-refractivity contribution in [2.24, 2.45) is 0 Å². The number of halogens is 4. The molecule has 1 aromatic rings. The summed E-state index contributed by atoms with van der Waals surface area (Å²) < 4.78 is 36.6. The van der Waals surface area contributed by atoms with Gasteiger partial charge in [0.25, 0.3) is 0 Å². The summed E-state index contributed by atoms with van der Waals surface area (Å²) in [5, 5.41) is 3.00. The van der Waals surface area contributed by atoms with Crippen molar-refractivity contribution in [1.29, 1.82) is 0 Å². The summed E-state index contributed by atoms with van der Waals surface area (Å²) >= 11 is 3.43. The summed E-state index contributed by atoms with van der Waals surface area (Å²) in [6, 6.07) is 5.94. The number of benzene rings is 1. The first kappa shape index (κ1) is 14.5. The lowest BCUT2D eigenvalue weighted by atomic mass is 10.1. The first-order valence-electron chi connectivity index (χ1n) is 5.41. The molecule has 96 valence electrons. The Kier molecular flexibility index (Phi) is 5.46. The van der Waals surface area contributed by atoms with Gasteiger partial charge in [-0.15, -0.1) is 0 Å². The highest BCUT2D eigenvalue weighted by atomic mass is 79.9. The van der Waals surface area contributed by atoms with Gasteiger partial charge in [0.1, 0.15) is 0 Å². The summed E-state index contributed by atoms with van der Waals surface area (Å²) in [6.45, 7) is 2.95. The number of rotatable bonds is 5. The maximum Gasteiger partial charge on any atom is 0.389 e. The molecular formula is C12H15BrF3N. The van der Waals surface area contributed by atoms with E-state index < -0.39 is 12.6 Å². The molecule has 0 aromatic heterocycles. The molecule has 0 atom stereocenters. The minimum absolute atomic E-state index is 0.118. The van der Waals surface area contributed by atoms with Crippen LogP contribution in [-0.2, 0) is 6.54 Å². The second kappa shape index (κ2) is 6.40. The van der Waals surface area contributed by atoms with E-state index in [9.17, 15) is 13.2 Å². The van der Waals surface area contributed by atoms with Crippen molar-refractivity contribution in [2.45, 2.75) is 32.5 Å². The molecule has 5 heteroatoms. The van der Waals surface area contributed by atoms with Gasteiger partial charge in [0.05, 0.1) is 0 Å². The van der Waals surface area contributed by atoms with Crippen LogP contribution in [0.15, 0.2) is 22.7 Å². The molecule has 0 saturated carbocycles. The van der Waals surface area contributed by atoms with Crippen LogP contribution in [0.2, 0.25) is 0 Å². The van der Waals surface area contributed by atoms with Crippen LogP contribution in [0.4, 0.5) is 13.2 Å². The molecule has 1 aromatic carbocycles. The predicted octanol–water partition coefficient (Wildman–Crippen LogP) is 4.19. The Morgan fingerprint density at radius 2 is 2.00 bits per heavy atom. The number of aryl methyl sites for hydroxylation is 1. The Bertz CT molecular complexity index is 363. The average molecular weight is 310 g/mol. The lowest BCUT2D eigenvalue weighted by Crippen LogP contribution is -2.18. The minimum atomic E-state index is -4.05. The Morgan fingerprint density at radius 3 is 2.59 bits per heavy atom. The van der Waals surface area contributed by atoms with Gasteiger partial charge in [-0.2, -0.15) is 13.2 Å². The molecule has 0 unspecified atom stereocenters. The lowest BCUT2D eigenvalue weighted by Gasteiger charge is -2.09. The number of hydrogen-bond donors (Lipinski definition) is 1. The van der Waals surface area contributed by atoms with E-state index in [-0.39, 0.29) is 6.42 Å². The summed E-state index contributed by atoms with van der Waals surface area (Å²) in [7, 11) is 0. The number of alkyl halides is 3. The van der Waals surface area contributed by atoms with Gasteiger partial charge in [0.15, 0.2) is 0 Å². The van der Waals surface area contributed by atoms with Gasteiger partial charge < -0.3 is 5.32 Å². The normalized spacial score (nSPS) is 11.8. The highest BCUT2D eigenvalue weighted by molar-refractivity contribution is 9.10. The first-order valence-corrected chi connectivity index (χ1v) is 6.20. The molecule has 0 radical (unpaired) electrons. The van der Waals surface area contributed by atoms with Gasteiger partial charge in [-0.3, -0.25) is 0 Å². The number of nitrogens with one attached hydrogen (secondary N) is 1. The molecule has 0 amide bonds. The molecule has 0 spiro atoms.